The third kappa shape index (κ3) is 3.28. The van der Waals surface area contributed by atoms with Crippen molar-refractivity contribution >= 4 is 33.8 Å². The fourth-order valence-corrected chi connectivity index (χ4v) is 2.96. The minimum atomic E-state index is -0.845. The zero-order valence-corrected chi connectivity index (χ0v) is 10.9. The minimum absolute atomic E-state index is 0.0106. The van der Waals surface area contributed by atoms with Crippen molar-refractivity contribution in [3.8, 4) is 0 Å². The summed E-state index contributed by atoms with van der Waals surface area (Å²) in [5.41, 5.74) is 0.621. The Morgan fingerprint density at radius 3 is 3.00 bits per heavy atom. The van der Waals surface area contributed by atoms with Gasteiger partial charge in [0.1, 0.15) is 0 Å². The van der Waals surface area contributed by atoms with Crippen LogP contribution in [0, 0.1) is 0 Å². The SMILES string of the molecule is CN(Cc1cccs1)c1nc(CC(=O)O)cs1. The molecule has 17 heavy (non-hydrogen) atoms. The summed E-state index contributed by atoms with van der Waals surface area (Å²) >= 11 is 3.18. The minimum Gasteiger partial charge on any atom is -0.481 e. The quantitative estimate of drug-likeness (QED) is 0.905. The van der Waals surface area contributed by atoms with Crippen molar-refractivity contribution < 1.29 is 9.90 Å². The normalized spacial score (nSPS) is 10.4. The second-order valence-corrected chi connectivity index (χ2v) is 5.50. The maximum atomic E-state index is 10.6. The van der Waals surface area contributed by atoms with E-state index in [0.29, 0.717) is 5.69 Å². The topological polar surface area (TPSA) is 53.4 Å². The number of nitrogens with zero attached hydrogens (tertiary/aromatic N) is 2. The smallest absolute Gasteiger partial charge is 0.309 e. The molecule has 0 aliphatic heterocycles. The number of aliphatic carboxylic acids is 1. The second-order valence-electron chi connectivity index (χ2n) is 3.63. The molecule has 2 aromatic rings. The van der Waals surface area contributed by atoms with E-state index in [9.17, 15) is 4.79 Å². The highest BCUT2D eigenvalue weighted by molar-refractivity contribution is 7.13. The number of aromatic nitrogens is 1. The molecule has 0 spiro atoms. The lowest BCUT2D eigenvalue weighted by Crippen LogP contribution is -2.15. The lowest BCUT2D eigenvalue weighted by Gasteiger charge is -2.13. The van der Waals surface area contributed by atoms with Gasteiger partial charge in [-0.15, -0.1) is 22.7 Å². The molecule has 0 saturated carbocycles. The molecular weight excluding hydrogens is 256 g/mol. The Kier molecular flexibility index (Phi) is 3.75. The van der Waals surface area contributed by atoms with E-state index in [0.717, 1.165) is 11.7 Å². The molecule has 1 N–H and O–H groups in total. The number of carbonyl (C=O) groups is 1. The van der Waals surface area contributed by atoms with Crippen LogP contribution in [0.25, 0.3) is 0 Å². The molecule has 0 aromatic carbocycles. The zero-order chi connectivity index (χ0) is 12.3. The number of carboxylic acid groups (broad SMARTS) is 1. The molecule has 6 heteroatoms. The van der Waals surface area contributed by atoms with E-state index in [-0.39, 0.29) is 6.42 Å². The molecule has 2 rings (SSSR count). The maximum absolute atomic E-state index is 10.6. The summed E-state index contributed by atoms with van der Waals surface area (Å²) in [6.07, 6.45) is -0.0106. The monoisotopic (exact) mass is 268 g/mol. The van der Waals surface area contributed by atoms with Crippen LogP contribution in [0.3, 0.4) is 0 Å². The Bertz CT molecular complexity index is 493. The van der Waals surface area contributed by atoms with Gasteiger partial charge in [0.05, 0.1) is 18.7 Å². The summed E-state index contributed by atoms with van der Waals surface area (Å²) in [6, 6.07) is 4.10. The summed E-state index contributed by atoms with van der Waals surface area (Å²) in [7, 11) is 1.96. The molecule has 90 valence electrons. The molecule has 0 radical (unpaired) electrons. The van der Waals surface area contributed by atoms with Crippen LogP contribution >= 0.6 is 22.7 Å². The number of hydrogen-bond donors (Lipinski definition) is 1. The molecule has 0 aliphatic carbocycles. The van der Waals surface area contributed by atoms with Crippen LogP contribution in [-0.2, 0) is 17.8 Å². The molecular formula is C11H12N2O2S2. The highest BCUT2D eigenvalue weighted by atomic mass is 32.1. The number of thiophene rings is 1. The van der Waals surface area contributed by atoms with Crippen LogP contribution in [0.2, 0.25) is 0 Å². The van der Waals surface area contributed by atoms with Crippen molar-refractivity contribution in [2.75, 3.05) is 11.9 Å². The van der Waals surface area contributed by atoms with E-state index in [2.05, 4.69) is 11.1 Å². The van der Waals surface area contributed by atoms with Crippen LogP contribution in [-0.4, -0.2) is 23.1 Å². The average Bonchev–Trinajstić information content (AvgIpc) is 2.87. The Morgan fingerprint density at radius 2 is 2.35 bits per heavy atom. The number of carboxylic acids is 1. The van der Waals surface area contributed by atoms with Gasteiger partial charge in [-0.2, -0.15) is 0 Å². The summed E-state index contributed by atoms with van der Waals surface area (Å²) in [4.78, 5) is 18.2. The number of rotatable bonds is 5. The van der Waals surface area contributed by atoms with E-state index < -0.39 is 5.97 Å². The Morgan fingerprint density at radius 1 is 1.53 bits per heavy atom. The van der Waals surface area contributed by atoms with Crippen molar-refractivity contribution in [1.29, 1.82) is 0 Å². The van der Waals surface area contributed by atoms with Crippen LogP contribution in [0.5, 0.6) is 0 Å². The molecule has 2 aromatic heterocycles. The van der Waals surface area contributed by atoms with Gasteiger partial charge >= 0.3 is 5.97 Å². The van der Waals surface area contributed by atoms with Gasteiger partial charge in [-0.1, -0.05) is 6.07 Å². The summed E-state index contributed by atoms with van der Waals surface area (Å²) in [6.45, 7) is 0.803. The van der Waals surface area contributed by atoms with E-state index in [1.807, 2.05) is 23.4 Å². The molecule has 0 aliphatic rings. The Balaban J connectivity index is 2.01. The second kappa shape index (κ2) is 5.29. The number of anilines is 1. The van der Waals surface area contributed by atoms with Crippen LogP contribution < -0.4 is 4.90 Å². The van der Waals surface area contributed by atoms with E-state index in [1.54, 1.807) is 16.7 Å². The van der Waals surface area contributed by atoms with Gasteiger partial charge in [-0.05, 0) is 11.4 Å². The van der Waals surface area contributed by atoms with Crippen LogP contribution in [0.1, 0.15) is 10.6 Å². The van der Waals surface area contributed by atoms with Gasteiger partial charge < -0.3 is 10.0 Å². The van der Waals surface area contributed by atoms with Crippen LogP contribution in [0.4, 0.5) is 5.13 Å². The van der Waals surface area contributed by atoms with Gasteiger partial charge in [0.2, 0.25) is 0 Å². The van der Waals surface area contributed by atoms with Gasteiger partial charge in [0.15, 0.2) is 5.13 Å². The fraction of sp³-hybridized carbons (Fsp3) is 0.273. The van der Waals surface area contributed by atoms with E-state index in [1.165, 1.54) is 16.2 Å². The highest BCUT2D eigenvalue weighted by Crippen LogP contribution is 2.22. The highest BCUT2D eigenvalue weighted by Gasteiger charge is 2.10. The first-order valence-corrected chi connectivity index (χ1v) is 6.81. The Labute approximate surface area is 107 Å². The van der Waals surface area contributed by atoms with Gasteiger partial charge in [-0.25, -0.2) is 4.98 Å². The van der Waals surface area contributed by atoms with Crippen molar-refractivity contribution in [3.63, 3.8) is 0 Å². The van der Waals surface area contributed by atoms with E-state index in [4.69, 9.17) is 5.11 Å². The molecule has 0 saturated heterocycles. The Hall–Kier alpha value is -1.40. The first-order chi connectivity index (χ1) is 8.15. The largest absolute Gasteiger partial charge is 0.481 e. The van der Waals surface area contributed by atoms with Crippen molar-refractivity contribution in [2.24, 2.45) is 0 Å². The predicted molar refractivity (Wildman–Crippen MR) is 69.9 cm³/mol. The third-order valence-corrected chi connectivity index (χ3v) is 4.04. The molecule has 2 heterocycles. The van der Waals surface area contributed by atoms with Crippen molar-refractivity contribution in [1.82, 2.24) is 4.98 Å². The fourth-order valence-electron chi connectivity index (χ4n) is 1.41. The molecule has 0 fully saturated rings. The summed E-state index contributed by atoms with van der Waals surface area (Å²) in [5, 5.41) is 13.4. The van der Waals surface area contributed by atoms with Gasteiger partial charge in [0.25, 0.3) is 0 Å². The summed E-state index contributed by atoms with van der Waals surface area (Å²) < 4.78 is 0. The first kappa shape index (κ1) is 12.1. The number of thiazole rings is 1. The lowest BCUT2D eigenvalue weighted by molar-refractivity contribution is -0.136. The predicted octanol–water partition coefficient (Wildman–Crippen LogP) is 2.47. The maximum Gasteiger partial charge on any atom is 0.309 e. The first-order valence-electron chi connectivity index (χ1n) is 5.05. The molecule has 0 atom stereocenters. The van der Waals surface area contributed by atoms with E-state index >= 15 is 0 Å². The third-order valence-electron chi connectivity index (χ3n) is 2.17. The molecule has 4 nitrogen and oxygen atoms in total. The van der Waals surface area contributed by atoms with Crippen LogP contribution in [0.15, 0.2) is 22.9 Å². The molecule has 0 unspecified atom stereocenters. The van der Waals surface area contributed by atoms with Crippen molar-refractivity contribution in [3.05, 3.63) is 33.5 Å². The lowest BCUT2D eigenvalue weighted by atomic mass is 10.3. The zero-order valence-electron chi connectivity index (χ0n) is 9.29. The number of hydrogen-bond acceptors (Lipinski definition) is 5. The van der Waals surface area contributed by atoms with Gasteiger partial charge in [0, 0.05) is 17.3 Å². The van der Waals surface area contributed by atoms with Crippen molar-refractivity contribution in [2.45, 2.75) is 13.0 Å². The average molecular weight is 268 g/mol. The summed E-state index contributed by atoms with van der Waals surface area (Å²) in [5.74, 6) is -0.845. The van der Waals surface area contributed by atoms with Gasteiger partial charge in [-0.3, -0.25) is 4.79 Å². The molecule has 0 amide bonds. The standard InChI is InChI=1S/C11H12N2O2S2/c1-13(6-9-3-2-4-16-9)11-12-8(7-17-11)5-10(14)15/h2-4,7H,5-6H2,1H3,(H,14,15). The molecule has 0 bridgehead atoms.